The van der Waals surface area contributed by atoms with Gasteiger partial charge in [0.25, 0.3) is 5.69 Å². The summed E-state index contributed by atoms with van der Waals surface area (Å²) in [7, 11) is 0. The fourth-order valence-electron chi connectivity index (χ4n) is 3.91. The fraction of sp³-hybridized carbons (Fsp3) is 0.231. The molecule has 1 aliphatic heterocycles. The molecule has 0 amide bonds. The average Bonchev–Trinajstić information content (AvgIpc) is 2.85. The average molecular weight is 506 g/mol. The molecular weight excluding hydrogens is 482 g/mol. The van der Waals surface area contributed by atoms with Gasteiger partial charge in [-0.25, -0.2) is 0 Å². The third-order valence-electron chi connectivity index (χ3n) is 5.82. The summed E-state index contributed by atoms with van der Waals surface area (Å²) >= 11 is 3.45. The van der Waals surface area contributed by atoms with Crippen LogP contribution in [0, 0.1) is 22.0 Å². The quantitative estimate of drug-likeness (QED) is 0.315. The zero-order valence-electron chi connectivity index (χ0n) is 18.0. The number of hydrogen-bond acceptors (Lipinski definition) is 5. The van der Waals surface area contributed by atoms with Crippen LogP contribution in [0.2, 0.25) is 0 Å². The summed E-state index contributed by atoms with van der Waals surface area (Å²) in [6.45, 7) is 3.84. The Morgan fingerprint density at radius 1 is 0.909 bits per heavy atom. The Bertz CT molecular complexity index is 1150. The highest BCUT2D eigenvalue weighted by Gasteiger charge is 2.29. The van der Waals surface area contributed by atoms with Crippen LogP contribution in [0.5, 0.6) is 0 Å². The minimum atomic E-state index is -1.39. The minimum Gasteiger partial charge on any atom is -0.369 e. The smallest absolute Gasteiger partial charge is 0.269 e. The molecule has 3 aromatic carbocycles. The van der Waals surface area contributed by atoms with Crippen molar-refractivity contribution in [2.75, 3.05) is 37.6 Å². The largest absolute Gasteiger partial charge is 0.369 e. The summed E-state index contributed by atoms with van der Waals surface area (Å²) in [5, 5.41) is 22.4. The van der Waals surface area contributed by atoms with E-state index in [-0.39, 0.29) is 10.6 Å². The number of halogens is 1. The molecule has 0 radical (unpaired) electrons. The summed E-state index contributed by atoms with van der Waals surface area (Å²) in [5.74, 6) is 6.33. The maximum atomic E-state index is 11.6. The molecule has 168 valence electrons. The first-order chi connectivity index (χ1) is 16.0. The Kier molecular flexibility index (Phi) is 7.09. The van der Waals surface area contributed by atoms with Gasteiger partial charge in [0.15, 0.2) is 5.60 Å². The molecule has 0 aliphatic carbocycles. The number of rotatable bonds is 5. The van der Waals surface area contributed by atoms with E-state index < -0.39 is 5.60 Å². The zero-order valence-corrected chi connectivity index (χ0v) is 19.6. The van der Waals surface area contributed by atoms with Crippen molar-refractivity contribution in [1.82, 2.24) is 4.90 Å². The van der Waals surface area contributed by atoms with Gasteiger partial charge in [-0.2, -0.15) is 0 Å². The lowest BCUT2D eigenvalue weighted by Crippen LogP contribution is -2.46. The van der Waals surface area contributed by atoms with Gasteiger partial charge in [-0.1, -0.05) is 70.2 Å². The van der Waals surface area contributed by atoms with E-state index in [1.54, 1.807) is 24.3 Å². The lowest BCUT2D eigenvalue weighted by Gasteiger charge is -2.35. The maximum Gasteiger partial charge on any atom is 0.269 e. The number of nitro benzene ring substituents is 1. The Balaban J connectivity index is 1.43. The van der Waals surface area contributed by atoms with Crippen molar-refractivity contribution in [3.8, 4) is 11.8 Å². The van der Waals surface area contributed by atoms with Gasteiger partial charge in [-0.3, -0.25) is 15.0 Å². The normalized spacial score (nSPS) is 15.9. The monoisotopic (exact) mass is 505 g/mol. The van der Waals surface area contributed by atoms with Crippen molar-refractivity contribution in [3.05, 3.63) is 105 Å². The van der Waals surface area contributed by atoms with Gasteiger partial charge >= 0.3 is 0 Å². The number of aliphatic hydroxyl groups is 1. The first kappa shape index (κ1) is 23.0. The van der Waals surface area contributed by atoms with E-state index in [9.17, 15) is 15.2 Å². The van der Waals surface area contributed by atoms with Crippen molar-refractivity contribution in [2.45, 2.75) is 5.60 Å². The first-order valence-electron chi connectivity index (χ1n) is 10.7. The van der Waals surface area contributed by atoms with E-state index in [2.05, 4.69) is 37.6 Å². The molecule has 0 spiro atoms. The van der Waals surface area contributed by atoms with Crippen molar-refractivity contribution in [1.29, 1.82) is 0 Å². The molecule has 1 unspecified atom stereocenters. The second-order valence-corrected chi connectivity index (χ2v) is 8.84. The van der Waals surface area contributed by atoms with Crippen molar-refractivity contribution in [2.24, 2.45) is 0 Å². The molecule has 4 rings (SSSR count). The molecule has 6 nitrogen and oxygen atoms in total. The number of nitro groups is 1. The topological polar surface area (TPSA) is 69.9 Å². The molecule has 0 bridgehead atoms. The zero-order chi connectivity index (χ0) is 23.3. The van der Waals surface area contributed by atoms with Crippen LogP contribution in [-0.2, 0) is 5.60 Å². The molecule has 1 fully saturated rings. The van der Waals surface area contributed by atoms with Crippen LogP contribution in [0.3, 0.4) is 0 Å². The number of hydrogen-bond donors (Lipinski definition) is 1. The molecule has 1 saturated heterocycles. The second kappa shape index (κ2) is 10.2. The molecule has 33 heavy (non-hydrogen) atoms. The Morgan fingerprint density at radius 3 is 2.12 bits per heavy atom. The van der Waals surface area contributed by atoms with Gasteiger partial charge in [0.2, 0.25) is 0 Å². The number of non-ortho nitro benzene ring substituents is 1. The maximum absolute atomic E-state index is 11.6. The number of anilines is 1. The molecule has 7 heteroatoms. The van der Waals surface area contributed by atoms with Gasteiger partial charge < -0.3 is 10.0 Å². The standard InChI is InChI=1S/C26H24BrN3O3/c27-23-9-7-22(8-10-23)26(31,21-5-2-1-3-6-21)15-4-16-28-17-19-29(20-18-28)24-11-13-25(14-12-24)30(32)33/h1-3,5-14,31H,16-20H2. The number of piperazine rings is 1. The highest BCUT2D eigenvalue weighted by atomic mass is 79.9. The Morgan fingerprint density at radius 2 is 1.52 bits per heavy atom. The molecule has 1 N–H and O–H groups in total. The van der Waals surface area contributed by atoms with Crippen LogP contribution in [0.4, 0.5) is 11.4 Å². The highest BCUT2D eigenvalue weighted by molar-refractivity contribution is 9.10. The van der Waals surface area contributed by atoms with Crippen molar-refractivity contribution < 1.29 is 10.0 Å². The molecule has 1 heterocycles. The van der Waals surface area contributed by atoms with Gasteiger partial charge in [0.05, 0.1) is 11.5 Å². The predicted molar refractivity (Wildman–Crippen MR) is 133 cm³/mol. The van der Waals surface area contributed by atoms with E-state index in [4.69, 9.17) is 0 Å². The van der Waals surface area contributed by atoms with Gasteiger partial charge in [0, 0.05) is 59.6 Å². The van der Waals surface area contributed by atoms with Crippen LogP contribution in [0.1, 0.15) is 11.1 Å². The second-order valence-electron chi connectivity index (χ2n) is 7.92. The number of nitrogens with zero attached hydrogens (tertiary/aromatic N) is 3. The SMILES string of the molecule is O=[N+]([O-])c1ccc(N2CCN(CC#CC(O)(c3ccccc3)c3ccc(Br)cc3)CC2)cc1. The molecule has 0 aromatic heterocycles. The van der Waals surface area contributed by atoms with E-state index in [0.717, 1.165) is 47.5 Å². The number of benzene rings is 3. The van der Waals surface area contributed by atoms with E-state index >= 15 is 0 Å². The van der Waals surface area contributed by atoms with E-state index in [1.807, 2.05) is 54.6 Å². The lowest BCUT2D eigenvalue weighted by atomic mass is 9.87. The third-order valence-corrected chi connectivity index (χ3v) is 6.35. The van der Waals surface area contributed by atoms with Crippen LogP contribution in [-0.4, -0.2) is 47.7 Å². The van der Waals surface area contributed by atoms with Gasteiger partial charge in [-0.15, -0.1) is 0 Å². The molecule has 0 saturated carbocycles. The molecular formula is C26H24BrN3O3. The summed E-state index contributed by atoms with van der Waals surface area (Å²) in [6, 6.07) is 23.8. The predicted octanol–water partition coefficient (Wildman–Crippen LogP) is 4.42. The third kappa shape index (κ3) is 5.42. The Labute approximate surface area is 201 Å². The minimum absolute atomic E-state index is 0.101. The van der Waals surface area contributed by atoms with E-state index in [1.165, 1.54) is 0 Å². The van der Waals surface area contributed by atoms with Gasteiger partial charge in [-0.05, 0) is 24.3 Å². The van der Waals surface area contributed by atoms with Crippen molar-refractivity contribution >= 4 is 27.3 Å². The van der Waals surface area contributed by atoms with Crippen molar-refractivity contribution in [3.63, 3.8) is 0 Å². The molecule has 3 aromatic rings. The van der Waals surface area contributed by atoms with Crippen LogP contribution >= 0.6 is 15.9 Å². The lowest BCUT2D eigenvalue weighted by molar-refractivity contribution is -0.384. The van der Waals surface area contributed by atoms with Crippen LogP contribution < -0.4 is 4.90 Å². The summed E-state index contributed by atoms with van der Waals surface area (Å²) in [6.07, 6.45) is 0. The molecule has 1 aliphatic rings. The van der Waals surface area contributed by atoms with Crippen LogP contribution in [0.25, 0.3) is 0 Å². The fourth-order valence-corrected chi connectivity index (χ4v) is 4.17. The highest BCUT2D eigenvalue weighted by Crippen LogP contribution is 2.30. The first-order valence-corrected chi connectivity index (χ1v) is 11.5. The summed E-state index contributed by atoms with van der Waals surface area (Å²) in [5.41, 5.74) is 1.17. The van der Waals surface area contributed by atoms with Gasteiger partial charge in [0.1, 0.15) is 0 Å². The Hall–Kier alpha value is -3.18. The summed E-state index contributed by atoms with van der Waals surface area (Å²) < 4.78 is 0.945. The summed E-state index contributed by atoms with van der Waals surface area (Å²) in [4.78, 5) is 14.9. The van der Waals surface area contributed by atoms with E-state index in [0.29, 0.717) is 6.54 Å². The van der Waals surface area contributed by atoms with Crippen LogP contribution in [0.15, 0.2) is 83.3 Å². The molecule has 1 atom stereocenters.